The van der Waals surface area contributed by atoms with Crippen LogP contribution in [0.5, 0.6) is 0 Å². The Labute approximate surface area is 165 Å². The molecule has 0 spiro atoms. The average molecular weight is 399 g/mol. The summed E-state index contributed by atoms with van der Waals surface area (Å²) >= 11 is 1.24. The topological polar surface area (TPSA) is 75.4 Å². The minimum Gasteiger partial charge on any atom is -0.462 e. The van der Waals surface area contributed by atoms with Gasteiger partial charge in [-0.2, -0.15) is 0 Å². The van der Waals surface area contributed by atoms with Crippen molar-refractivity contribution in [3.8, 4) is 10.8 Å². The Morgan fingerprint density at radius 3 is 2.96 bits per heavy atom. The maximum absolute atomic E-state index is 13.7. The van der Waals surface area contributed by atoms with E-state index in [1.807, 2.05) is 0 Å². The van der Waals surface area contributed by atoms with Crippen LogP contribution in [0.4, 0.5) is 4.39 Å². The first-order valence-electron chi connectivity index (χ1n) is 8.85. The molecule has 1 aromatic carbocycles. The number of hydrogen-bond donors (Lipinski definition) is 1. The van der Waals surface area contributed by atoms with Crippen LogP contribution in [-0.2, 0) is 11.3 Å². The summed E-state index contributed by atoms with van der Waals surface area (Å²) in [5.74, 6) is -0.0872. The van der Waals surface area contributed by atoms with E-state index in [1.165, 1.54) is 36.6 Å². The van der Waals surface area contributed by atoms with Crippen LogP contribution >= 0.6 is 11.3 Å². The van der Waals surface area contributed by atoms with E-state index < -0.39 is 0 Å². The molecule has 3 aromatic rings. The van der Waals surface area contributed by atoms with Gasteiger partial charge in [-0.05, 0) is 41.8 Å². The molecule has 0 radical (unpaired) electrons. The summed E-state index contributed by atoms with van der Waals surface area (Å²) in [6.45, 7) is 2.31. The van der Waals surface area contributed by atoms with Crippen LogP contribution in [0.3, 0.4) is 0 Å². The van der Waals surface area contributed by atoms with Crippen LogP contribution in [0, 0.1) is 5.82 Å². The number of amides is 2. The van der Waals surface area contributed by atoms with Gasteiger partial charge in [0.1, 0.15) is 10.7 Å². The van der Waals surface area contributed by atoms with Crippen molar-refractivity contribution in [2.75, 3.05) is 6.54 Å². The number of thiazole rings is 1. The highest BCUT2D eigenvalue weighted by Crippen LogP contribution is 2.29. The van der Waals surface area contributed by atoms with Crippen molar-refractivity contribution in [2.45, 2.75) is 25.9 Å². The molecule has 8 heteroatoms. The van der Waals surface area contributed by atoms with E-state index in [-0.39, 0.29) is 23.7 Å². The van der Waals surface area contributed by atoms with Crippen LogP contribution in [0.25, 0.3) is 10.8 Å². The SMILES string of the molecule is CC(=O)N1CCC(NC(=O)c2cnc(-c3ccco3)s2)c2ccc(F)cc2C1. The molecule has 0 fully saturated rings. The van der Waals surface area contributed by atoms with Crippen LogP contribution in [0.2, 0.25) is 0 Å². The maximum atomic E-state index is 13.7. The van der Waals surface area contributed by atoms with E-state index in [2.05, 4.69) is 10.3 Å². The monoisotopic (exact) mass is 399 g/mol. The third-order valence-electron chi connectivity index (χ3n) is 4.74. The van der Waals surface area contributed by atoms with Crippen molar-refractivity contribution >= 4 is 23.2 Å². The van der Waals surface area contributed by atoms with Crippen LogP contribution in [0.15, 0.2) is 47.2 Å². The van der Waals surface area contributed by atoms with E-state index in [4.69, 9.17) is 4.42 Å². The fourth-order valence-corrected chi connectivity index (χ4v) is 4.11. The number of furan rings is 1. The first-order valence-corrected chi connectivity index (χ1v) is 9.67. The Kier molecular flexibility index (Phi) is 4.95. The molecule has 1 unspecified atom stereocenters. The summed E-state index contributed by atoms with van der Waals surface area (Å²) in [6, 6.07) is 7.72. The Morgan fingerprint density at radius 2 is 2.21 bits per heavy atom. The number of aromatic nitrogens is 1. The lowest BCUT2D eigenvalue weighted by atomic mass is 9.99. The van der Waals surface area contributed by atoms with Crippen molar-refractivity contribution < 1.29 is 18.4 Å². The van der Waals surface area contributed by atoms with Crippen LogP contribution in [-0.4, -0.2) is 28.2 Å². The second-order valence-electron chi connectivity index (χ2n) is 6.61. The third-order valence-corrected chi connectivity index (χ3v) is 5.75. The van der Waals surface area contributed by atoms with Gasteiger partial charge < -0.3 is 14.6 Å². The molecule has 0 saturated heterocycles. The Balaban J connectivity index is 1.57. The van der Waals surface area contributed by atoms with Gasteiger partial charge in [-0.15, -0.1) is 11.3 Å². The number of carbonyl (C=O) groups excluding carboxylic acids is 2. The fourth-order valence-electron chi connectivity index (χ4n) is 3.32. The molecule has 1 N–H and O–H groups in total. The van der Waals surface area contributed by atoms with Gasteiger partial charge in [0.05, 0.1) is 18.5 Å². The number of rotatable bonds is 3. The lowest BCUT2D eigenvalue weighted by Crippen LogP contribution is -2.31. The third kappa shape index (κ3) is 3.68. The quantitative estimate of drug-likeness (QED) is 0.728. The molecule has 1 aliphatic heterocycles. The standard InChI is InChI=1S/C20H18FN3O3S/c1-12(25)24-7-6-16(15-5-4-14(21)9-13(15)11-24)23-19(26)18-10-22-20(28-18)17-3-2-8-27-17/h2-5,8-10,16H,6-7,11H2,1H3,(H,23,26). The average Bonchev–Trinajstić information content (AvgIpc) is 3.32. The molecular weight excluding hydrogens is 381 g/mol. The van der Waals surface area contributed by atoms with Gasteiger partial charge in [0.15, 0.2) is 10.8 Å². The zero-order valence-electron chi connectivity index (χ0n) is 15.1. The number of carbonyl (C=O) groups is 2. The second-order valence-corrected chi connectivity index (χ2v) is 7.64. The Bertz CT molecular complexity index is 1020. The lowest BCUT2D eigenvalue weighted by molar-refractivity contribution is -0.129. The zero-order chi connectivity index (χ0) is 19.7. The Morgan fingerprint density at radius 1 is 1.36 bits per heavy atom. The number of nitrogens with zero attached hydrogens (tertiary/aromatic N) is 2. The molecule has 1 atom stereocenters. The molecule has 2 aromatic heterocycles. The minimum absolute atomic E-state index is 0.0762. The molecule has 3 heterocycles. The number of benzene rings is 1. The van der Waals surface area contributed by atoms with Gasteiger partial charge in [0, 0.05) is 20.0 Å². The summed E-state index contributed by atoms with van der Waals surface area (Å²) < 4.78 is 19.1. The molecule has 1 aliphatic rings. The van der Waals surface area contributed by atoms with E-state index >= 15 is 0 Å². The minimum atomic E-state index is -0.361. The highest BCUT2D eigenvalue weighted by molar-refractivity contribution is 7.16. The molecule has 6 nitrogen and oxygen atoms in total. The van der Waals surface area contributed by atoms with Crippen molar-refractivity contribution in [2.24, 2.45) is 0 Å². The summed E-state index contributed by atoms with van der Waals surface area (Å²) in [6.07, 6.45) is 3.62. The lowest BCUT2D eigenvalue weighted by Gasteiger charge is -2.19. The molecule has 0 bridgehead atoms. The summed E-state index contributed by atoms with van der Waals surface area (Å²) in [5, 5.41) is 3.64. The molecule has 0 aliphatic carbocycles. The van der Waals surface area contributed by atoms with E-state index in [1.54, 1.807) is 29.4 Å². The molecule has 4 rings (SSSR count). The van der Waals surface area contributed by atoms with Crippen LogP contribution in [0.1, 0.15) is 40.2 Å². The first-order chi connectivity index (χ1) is 13.5. The maximum Gasteiger partial charge on any atom is 0.263 e. The zero-order valence-corrected chi connectivity index (χ0v) is 16.0. The van der Waals surface area contributed by atoms with Gasteiger partial charge in [0.2, 0.25) is 5.91 Å². The predicted octanol–water partition coefficient (Wildman–Crippen LogP) is 3.77. The summed E-state index contributed by atoms with van der Waals surface area (Å²) in [5.41, 5.74) is 1.54. The van der Waals surface area contributed by atoms with Gasteiger partial charge in [-0.1, -0.05) is 6.07 Å². The van der Waals surface area contributed by atoms with E-state index in [0.29, 0.717) is 40.7 Å². The van der Waals surface area contributed by atoms with Crippen molar-refractivity contribution in [1.82, 2.24) is 15.2 Å². The van der Waals surface area contributed by atoms with Crippen molar-refractivity contribution in [3.63, 3.8) is 0 Å². The van der Waals surface area contributed by atoms with Gasteiger partial charge in [0.25, 0.3) is 5.91 Å². The van der Waals surface area contributed by atoms with Gasteiger partial charge >= 0.3 is 0 Å². The fraction of sp³-hybridized carbons (Fsp3) is 0.250. The molecule has 28 heavy (non-hydrogen) atoms. The number of hydrogen-bond acceptors (Lipinski definition) is 5. The largest absolute Gasteiger partial charge is 0.462 e. The molecule has 144 valence electrons. The molecule has 0 saturated carbocycles. The molecular formula is C20H18FN3O3S. The van der Waals surface area contributed by atoms with Gasteiger partial charge in [-0.3, -0.25) is 9.59 Å². The highest BCUT2D eigenvalue weighted by Gasteiger charge is 2.26. The predicted molar refractivity (Wildman–Crippen MR) is 102 cm³/mol. The number of nitrogens with one attached hydrogen (secondary N) is 1. The van der Waals surface area contributed by atoms with E-state index in [0.717, 1.165) is 5.56 Å². The number of halogens is 1. The molecule has 2 amide bonds. The van der Waals surface area contributed by atoms with Crippen LogP contribution < -0.4 is 5.32 Å². The highest BCUT2D eigenvalue weighted by atomic mass is 32.1. The summed E-state index contributed by atoms with van der Waals surface area (Å²) in [4.78, 5) is 31.0. The Hall–Kier alpha value is -3.00. The van der Waals surface area contributed by atoms with Crippen molar-refractivity contribution in [3.05, 3.63) is 64.6 Å². The second kappa shape index (κ2) is 7.55. The summed E-state index contributed by atoms with van der Waals surface area (Å²) in [7, 11) is 0. The number of fused-ring (bicyclic) bond motifs is 1. The smallest absolute Gasteiger partial charge is 0.263 e. The normalized spacial score (nSPS) is 16.4. The first kappa shape index (κ1) is 18.4. The van der Waals surface area contributed by atoms with E-state index in [9.17, 15) is 14.0 Å². The van der Waals surface area contributed by atoms with Crippen molar-refractivity contribution in [1.29, 1.82) is 0 Å². The van der Waals surface area contributed by atoms with Gasteiger partial charge in [-0.25, -0.2) is 9.37 Å².